The van der Waals surface area contributed by atoms with Crippen LogP contribution < -0.4 is 10.0 Å². The summed E-state index contributed by atoms with van der Waals surface area (Å²) in [5.74, 6) is -2.77. The summed E-state index contributed by atoms with van der Waals surface area (Å²) in [5.41, 5.74) is -0.178. The van der Waals surface area contributed by atoms with Gasteiger partial charge in [-0.05, 0) is 85.3 Å². The molecule has 4 rings (SSSR count). The minimum absolute atomic E-state index is 0.0719. The highest BCUT2D eigenvalue weighted by molar-refractivity contribution is 7.84. The zero-order valence-corrected chi connectivity index (χ0v) is 25.0. The molecule has 2 heterocycles. The van der Waals surface area contributed by atoms with Gasteiger partial charge in [0.05, 0.1) is 45.3 Å². The first-order valence-electron chi connectivity index (χ1n) is 13.7. The molecule has 0 aromatic carbocycles. The third-order valence-corrected chi connectivity index (χ3v) is 9.52. The summed E-state index contributed by atoms with van der Waals surface area (Å²) in [6, 6.07) is 4.10. The summed E-state index contributed by atoms with van der Waals surface area (Å²) in [6.45, 7) is 11.1. The molecule has 2 aromatic rings. The normalized spacial score (nSPS) is 25.0. The number of nitrogens with one attached hydrogen (secondary N) is 2. The number of aromatic nitrogens is 3. The third-order valence-electron chi connectivity index (χ3n) is 7.91. The Bertz CT molecular complexity index is 1320. The number of hydrogen-bond donors (Lipinski definition) is 2. The number of carbonyl (C=O) groups is 1. The van der Waals surface area contributed by atoms with Crippen molar-refractivity contribution in [2.75, 3.05) is 6.61 Å². The van der Waals surface area contributed by atoms with E-state index in [0.717, 1.165) is 12.0 Å². The maximum absolute atomic E-state index is 14.1. The van der Waals surface area contributed by atoms with Gasteiger partial charge in [0, 0.05) is 29.8 Å². The number of nitriles is 1. The van der Waals surface area contributed by atoms with Crippen LogP contribution >= 0.6 is 0 Å². The van der Waals surface area contributed by atoms with Crippen molar-refractivity contribution in [2.45, 2.75) is 114 Å². The lowest BCUT2D eigenvalue weighted by atomic mass is 9.63. The lowest BCUT2D eigenvalue weighted by Crippen LogP contribution is -2.56. The van der Waals surface area contributed by atoms with E-state index in [4.69, 9.17) is 9.72 Å². The summed E-state index contributed by atoms with van der Waals surface area (Å²) < 4.78 is 50.8. The van der Waals surface area contributed by atoms with Crippen molar-refractivity contribution in [3.05, 3.63) is 29.7 Å². The molecule has 3 atom stereocenters. The highest BCUT2D eigenvalue weighted by atomic mass is 32.2. The summed E-state index contributed by atoms with van der Waals surface area (Å²) in [7, 11) is -1.29. The second-order valence-electron chi connectivity index (χ2n) is 13.4. The minimum Gasteiger partial charge on any atom is -0.449 e. The van der Waals surface area contributed by atoms with Gasteiger partial charge in [-0.15, -0.1) is 0 Å². The predicted octanol–water partition coefficient (Wildman–Crippen LogP) is 4.97. The quantitative estimate of drug-likeness (QED) is 0.479. The van der Waals surface area contributed by atoms with E-state index in [-0.39, 0.29) is 38.3 Å². The molecule has 9 nitrogen and oxygen atoms in total. The molecule has 2 aromatic heterocycles. The number of nitrogens with zero attached hydrogens (tertiary/aromatic N) is 4. The Kier molecular flexibility index (Phi) is 8.06. The molecule has 2 N–H and O–H groups in total. The molecule has 0 saturated heterocycles. The average Bonchev–Trinajstić information content (AvgIpc) is 3.27. The van der Waals surface area contributed by atoms with Gasteiger partial charge in [0.1, 0.15) is 6.61 Å². The Morgan fingerprint density at radius 1 is 1.20 bits per heavy atom. The van der Waals surface area contributed by atoms with Crippen LogP contribution in [-0.2, 0) is 27.6 Å². The standard InChI is InChI=1S/C28H40F2N6O3S/c1-24(2,3)34-23(37)39-18-26(9-11-28(29,30)12-10-26)21-16-36-22(33-21)13-19(15-32-36)14-27(17-31)8-7-20(27)35-40(38)25(4,5)6/h13,15-16,20,35H,7-12,14,18H2,1-6H3,(H,34,37)/t20-,27+,40?/m0/s1. The molecule has 12 heteroatoms. The zero-order chi connectivity index (χ0) is 29.6. The number of fused-ring (bicyclic) bond motifs is 1. The van der Waals surface area contributed by atoms with Crippen LogP contribution in [0.3, 0.4) is 0 Å². The summed E-state index contributed by atoms with van der Waals surface area (Å²) >= 11 is 0. The second kappa shape index (κ2) is 10.6. The first kappa shape index (κ1) is 30.3. The zero-order valence-electron chi connectivity index (χ0n) is 24.1. The highest BCUT2D eigenvalue weighted by Crippen LogP contribution is 2.46. The van der Waals surface area contributed by atoms with Gasteiger partial charge in [0.2, 0.25) is 5.92 Å². The van der Waals surface area contributed by atoms with Crippen molar-refractivity contribution in [3.8, 4) is 6.07 Å². The number of amides is 1. The largest absolute Gasteiger partial charge is 0.449 e. The predicted molar refractivity (Wildman–Crippen MR) is 148 cm³/mol. The van der Waals surface area contributed by atoms with Crippen LogP contribution in [0.15, 0.2) is 18.5 Å². The van der Waals surface area contributed by atoms with E-state index in [1.54, 1.807) is 16.9 Å². The molecule has 1 unspecified atom stereocenters. The smallest absolute Gasteiger partial charge is 0.407 e. The fourth-order valence-corrected chi connectivity index (χ4v) is 6.20. The van der Waals surface area contributed by atoms with Gasteiger partial charge in [-0.2, -0.15) is 10.4 Å². The second-order valence-corrected chi connectivity index (χ2v) is 15.4. The van der Waals surface area contributed by atoms with Gasteiger partial charge in [-0.1, -0.05) is 0 Å². The Labute approximate surface area is 237 Å². The van der Waals surface area contributed by atoms with Crippen molar-refractivity contribution < 1.29 is 22.5 Å². The van der Waals surface area contributed by atoms with Crippen molar-refractivity contribution >= 4 is 22.7 Å². The Hall–Kier alpha value is -2.65. The first-order chi connectivity index (χ1) is 18.5. The van der Waals surface area contributed by atoms with Crippen molar-refractivity contribution in [1.29, 1.82) is 5.26 Å². The van der Waals surface area contributed by atoms with E-state index < -0.39 is 44.1 Å². The van der Waals surface area contributed by atoms with Gasteiger partial charge >= 0.3 is 6.09 Å². The van der Waals surface area contributed by atoms with Crippen LogP contribution in [0.4, 0.5) is 13.6 Å². The number of alkyl halides is 2. The fraction of sp³-hybridized carbons (Fsp3) is 0.714. The van der Waals surface area contributed by atoms with E-state index in [9.17, 15) is 23.0 Å². The molecular weight excluding hydrogens is 538 g/mol. The van der Waals surface area contributed by atoms with Crippen molar-refractivity contribution in [3.63, 3.8) is 0 Å². The Morgan fingerprint density at radius 2 is 1.88 bits per heavy atom. The van der Waals surface area contributed by atoms with Gasteiger partial charge in [0.25, 0.3) is 0 Å². The number of hydrogen-bond acceptors (Lipinski definition) is 6. The van der Waals surface area contributed by atoms with E-state index in [0.29, 0.717) is 24.2 Å². The van der Waals surface area contributed by atoms with Crippen molar-refractivity contribution in [2.24, 2.45) is 5.41 Å². The highest BCUT2D eigenvalue weighted by Gasteiger charge is 2.49. The van der Waals surface area contributed by atoms with Gasteiger partial charge < -0.3 is 10.1 Å². The number of rotatable bonds is 7. The van der Waals surface area contributed by atoms with Crippen LogP contribution in [0.5, 0.6) is 0 Å². The molecule has 2 aliphatic carbocycles. The maximum Gasteiger partial charge on any atom is 0.407 e. The monoisotopic (exact) mass is 578 g/mol. The molecule has 40 heavy (non-hydrogen) atoms. The number of halogens is 2. The SMILES string of the molecule is CC(C)(C)NC(=O)OCC1(c2cn3ncc(C[C@@]4(C#N)CC[C@@H]4NS(=O)C(C)(C)C)cc3n2)CCC(F)(F)CC1. The molecule has 2 aliphatic rings. The Balaban J connectivity index is 1.56. The summed E-state index contributed by atoms with van der Waals surface area (Å²) in [6.07, 6.45) is 4.25. The molecule has 0 bridgehead atoms. The van der Waals surface area contributed by atoms with E-state index >= 15 is 0 Å². The number of ether oxygens (including phenoxy) is 1. The number of carbonyl (C=O) groups excluding carboxylic acids is 1. The van der Waals surface area contributed by atoms with Crippen LogP contribution in [0.1, 0.15) is 91.3 Å². The molecule has 0 radical (unpaired) electrons. The average molecular weight is 579 g/mol. The topological polar surface area (TPSA) is 121 Å². The van der Waals surface area contributed by atoms with Crippen LogP contribution in [0.25, 0.3) is 5.65 Å². The molecule has 1 amide bonds. The minimum atomic E-state index is -2.77. The van der Waals surface area contributed by atoms with Crippen LogP contribution in [0, 0.1) is 16.7 Å². The number of imidazole rings is 1. The van der Waals surface area contributed by atoms with E-state index in [2.05, 4.69) is 21.2 Å². The molecular formula is C28H40F2N6O3S. The lowest BCUT2D eigenvalue weighted by Gasteiger charge is -2.45. The number of alkyl carbamates (subject to hydrolysis) is 1. The molecule has 0 aliphatic heterocycles. The molecule has 2 saturated carbocycles. The van der Waals surface area contributed by atoms with E-state index in [1.165, 1.54) is 0 Å². The van der Waals surface area contributed by atoms with Gasteiger partial charge in [-0.25, -0.2) is 32.0 Å². The summed E-state index contributed by atoms with van der Waals surface area (Å²) in [5, 5.41) is 17.3. The van der Waals surface area contributed by atoms with Gasteiger partial charge in [0.15, 0.2) is 5.65 Å². The van der Waals surface area contributed by atoms with Gasteiger partial charge in [-0.3, -0.25) is 0 Å². The van der Waals surface area contributed by atoms with E-state index in [1.807, 2.05) is 47.6 Å². The molecule has 2 fully saturated rings. The molecule has 220 valence electrons. The maximum atomic E-state index is 14.1. The fourth-order valence-electron chi connectivity index (χ4n) is 5.25. The first-order valence-corrected chi connectivity index (χ1v) is 14.9. The Morgan fingerprint density at radius 3 is 2.42 bits per heavy atom. The summed E-state index contributed by atoms with van der Waals surface area (Å²) in [4.78, 5) is 17.2. The lowest BCUT2D eigenvalue weighted by molar-refractivity contribution is -0.0605. The molecule has 0 spiro atoms. The van der Waals surface area contributed by atoms with Crippen LogP contribution in [-0.4, -0.2) is 53.8 Å². The van der Waals surface area contributed by atoms with Crippen molar-refractivity contribution in [1.82, 2.24) is 24.6 Å². The van der Waals surface area contributed by atoms with Crippen LogP contribution in [0.2, 0.25) is 0 Å². The third kappa shape index (κ3) is 6.62.